The van der Waals surface area contributed by atoms with Gasteiger partial charge in [-0.25, -0.2) is 0 Å². The van der Waals surface area contributed by atoms with Gasteiger partial charge in [0, 0.05) is 12.0 Å². The van der Waals surface area contributed by atoms with Crippen LogP contribution >= 0.6 is 0 Å². The Balaban J connectivity index is 2.08. The minimum Gasteiger partial charge on any atom is -0.327 e. The summed E-state index contributed by atoms with van der Waals surface area (Å²) in [6.45, 7) is 6.19. The summed E-state index contributed by atoms with van der Waals surface area (Å²) in [5.41, 5.74) is 2.53. The second-order valence-electron chi connectivity index (χ2n) is 5.52. The largest absolute Gasteiger partial charge is 0.327 e. The average Bonchev–Trinajstić information content (AvgIpc) is 3.15. The number of hydrogen-bond donors (Lipinski definition) is 0. The van der Waals surface area contributed by atoms with E-state index < -0.39 is 0 Å². The molecule has 0 saturated heterocycles. The molecule has 0 bridgehead atoms. The molecule has 0 aromatic heterocycles. The SMILES string of the molecule is Cc1ccccc1[C@@H]1C[C@@H]1C(=O)N(CC#N)C(C)C. The van der Waals surface area contributed by atoms with Gasteiger partial charge in [0.2, 0.25) is 5.91 Å². The lowest BCUT2D eigenvalue weighted by molar-refractivity contribution is -0.133. The molecule has 1 aromatic carbocycles. The zero-order chi connectivity index (χ0) is 14.0. The van der Waals surface area contributed by atoms with Crippen molar-refractivity contribution in [2.75, 3.05) is 6.54 Å². The quantitative estimate of drug-likeness (QED) is 0.777. The Morgan fingerprint density at radius 2 is 2.16 bits per heavy atom. The van der Waals surface area contributed by atoms with E-state index in [0.717, 1.165) is 6.42 Å². The fourth-order valence-corrected chi connectivity index (χ4v) is 2.62. The molecule has 3 nitrogen and oxygen atoms in total. The van der Waals surface area contributed by atoms with Crippen LogP contribution in [0.3, 0.4) is 0 Å². The Morgan fingerprint density at radius 1 is 1.47 bits per heavy atom. The topological polar surface area (TPSA) is 44.1 Å². The molecular formula is C16H20N2O. The van der Waals surface area contributed by atoms with Crippen LogP contribution < -0.4 is 0 Å². The number of nitrogens with zero attached hydrogens (tertiary/aromatic N) is 2. The van der Waals surface area contributed by atoms with Crippen LogP contribution in [0.15, 0.2) is 24.3 Å². The molecule has 2 rings (SSSR count). The molecule has 19 heavy (non-hydrogen) atoms. The van der Waals surface area contributed by atoms with Crippen LogP contribution in [0.2, 0.25) is 0 Å². The van der Waals surface area contributed by atoms with E-state index in [1.54, 1.807) is 4.90 Å². The predicted molar refractivity (Wildman–Crippen MR) is 74.5 cm³/mol. The Hall–Kier alpha value is -1.82. The number of benzene rings is 1. The van der Waals surface area contributed by atoms with Crippen molar-refractivity contribution in [3.8, 4) is 6.07 Å². The summed E-state index contributed by atoms with van der Waals surface area (Å²) in [4.78, 5) is 14.1. The fraction of sp³-hybridized carbons (Fsp3) is 0.500. The van der Waals surface area contributed by atoms with Gasteiger partial charge in [-0.15, -0.1) is 0 Å². The first kappa shape index (κ1) is 13.6. The summed E-state index contributed by atoms with van der Waals surface area (Å²) in [5, 5.41) is 8.82. The molecule has 0 aliphatic heterocycles. The van der Waals surface area contributed by atoms with Gasteiger partial charge in [-0.1, -0.05) is 24.3 Å². The van der Waals surface area contributed by atoms with Gasteiger partial charge in [-0.05, 0) is 44.2 Å². The number of aryl methyl sites for hydroxylation is 1. The van der Waals surface area contributed by atoms with Gasteiger partial charge in [-0.3, -0.25) is 4.79 Å². The molecule has 1 aliphatic rings. The molecule has 1 aliphatic carbocycles. The van der Waals surface area contributed by atoms with Crippen molar-refractivity contribution in [3.63, 3.8) is 0 Å². The number of nitriles is 1. The molecule has 1 saturated carbocycles. The number of carbonyl (C=O) groups is 1. The summed E-state index contributed by atoms with van der Waals surface area (Å²) < 4.78 is 0. The minimum atomic E-state index is 0.0665. The van der Waals surface area contributed by atoms with Gasteiger partial charge in [0.05, 0.1) is 6.07 Å². The lowest BCUT2D eigenvalue weighted by atomic mass is 10.0. The van der Waals surface area contributed by atoms with Gasteiger partial charge < -0.3 is 4.90 Å². The lowest BCUT2D eigenvalue weighted by Gasteiger charge is -2.24. The predicted octanol–water partition coefficient (Wildman–Crippen LogP) is 2.86. The van der Waals surface area contributed by atoms with Gasteiger partial charge in [0.15, 0.2) is 0 Å². The molecule has 0 N–H and O–H groups in total. The lowest BCUT2D eigenvalue weighted by Crippen LogP contribution is -2.38. The smallest absolute Gasteiger partial charge is 0.227 e. The summed E-state index contributed by atoms with van der Waals surface area (Å²) in [7, 11) is 0. The molecule has 2 atom stereocenters. The van der Waals surface area contributed by atoms with Crippen LogP contribution in [-0.2, 0) is 4.79 Å². The van der Waals surface area contributed by atoms with Crippen molar-refractivity contribution in [1.29, 1.82) is 5.26 Å². The molecule has 0 unspecified atom stereocenters. The number of carbonyl (C=O) groups excluding carboxylic acids is 1. The van der Waals surface area contributed by atoms with Crippen LogP contribution in [0.25, 0.3) is 0 Å². The molecule has 0 radical (unpaired) electrons. The maximum Gasteiger partial charge on any atom is 0.227 e. The molecule has 0 heterocycles. The van der Waals surface area contributed by atoms with Crippen molar-refractivity contribution in [2.24, 2.45) is 5.92 Å². The zero-order valence-electron chi connectivity index (χ0n) is 11.8. The van der Waals surface area contributed by atoms with Crippen molar-refractivity contribution in [1.82, 2.24) is 4.90 Å². The zero-order valence-corrected chi connectivity index (χ0v) is 11.8. The Kier molecular flexibility index (Phi) is 3.90. The van der Waals surface area contributed by atoms with Gasteiger partial charge >= 0.3 is 0 Å². The first-order chi connectivity index (χ1) is 9.06. The summed E-state index contributed by atoms with van der Waals surface area (Å²) >= 11 is 0. The van der Waals surface area contributed by atoms with E-state index in [9.17, 15) is 4.79 Å². The van der Waals surface area contributed by atoms with E-state index >= 15 is 0 Å². The van der Waals surface area contributed by atoms with Crippen molar-refractivity contribution < 1.29 is 4.79 Å². The van der Waals surface area contributed by atoms with E-state index in [4.69, 9.17) is 5.26 Å². The van der Waals surface area contributed by atoms with Gasteiger partial charge in [0.25, 0.3) is 0 Å². The Labute approximate surface area is 114 Å². The van der Waals surface area contributed by atoms with Gasteiger partial charge in [-0.2, -0.15) is 5.26 Å². The molecule has 3 heteroatoms. The highest BCUT2D eigenvalue weighted by atomic mass is 16.2. The van der Waals surface area contributed by atoms with E-state index in [-0.39, 0.29) is 24.4 Å². The molecule has 0 spiro atoms. The second kappa shape index (κ2) is 5.44. The van der Waals surface area contributed by atoms with Crippen molar-refractivity contribution in [2.45, 2.75) is 39.2 Å². The minimum absolute atomic E-state index is 0.0665. The summed E-state index contributed by atoms with van der Waals surface area (Å²) in [6, 6.07) is 10.4. The highest BCUT2D eigenvalue weighted by Crippen LogP contribution is 2.49. The molecule has 1 fully saturated rings. The average molecular weight is 256 g/mol. The third-order valence-electron chi connectivity index (χ3n) is 3.84. The first-order valence-corrected chi connectivity index (χ1v) is 6.79. The standard InChI is InChI=1S/C16H20N2O/c1-11(2)18(9-8-17)16(19)15-10-14(15)13-7-5-4-6-12(13)3/h4-7,11,14-15H,9-10H2,1-3H3/t14-,15-/m0/s1. The Morgan fingerprint density at radius 3 is 2.74 bits per heavy atom. The summed E-state index contributed by atoms with van der Waals surface area (Å²) in [6.07, 6.45) is 0.915. The van der Waals surface area contributed by atoms with Crippen molar-refractivity contribution in [3.05, 3.63) is 35.4 Å². The monoisotopic (exact) mass is 256 g/mol. The highest BCUT2D eigenvalue weighted by molar-refractivity contribution is 5.83. The molecule has 1 amide bonds. The molecule has 1 aromatic rings. The van der Waals surface area contributed by atoms with E-state index in [0.29, 0.717) is 5.92 Å². The molecule has 100 valence electrons. The van der Waals surface area contributed by atoms with Crippen LogP contribution in [0.4, 0.5) is 0 Å². The maximum absolute atomic E-state index is 12.4. The number of rotatable bonds is 4. The number of hydrogen-bond acceptors (Lipinski definition) is 2. The van der Waals surface area contributed by atoms with Crippen LogP contribution in [0.5, 0.6) is 0 Å². The Bertz CT molecular complexity index is 516. The molecular weight excluding hydrogens is 236 g/mol. The third-order valence-corrected chi connectivity index (χ3v) is 3.84. The number of amides is 1. The van der Waals surface area contributed by atoms with Crippen LogP contribution in [0.1, 0.15) is 37.3 Å². The first-order valence-electron chi connectivity index (χ1n) is 6.79. The highest BCUT2D eigenvalue weighted by Gasteiger charge is 2.46. The van der Waals surface area contributed by atoms with Crippen LogP contribution in [-0.4, -0.2) is 23.4 Å². The normalized spacial score (nSPS) is 21.0. The maximum atomic E-state index is 12.4. The van der Waals surface area contributed by atoms with E-state index in [2.05, 4.69) is 25.1 Å². The van der Waals surface area contributed by atoms with Gasteiger partial charge in [0.1, 0.15) is 6.54 Å². The van der Waals surface area contributed by atoms with E-state index in [1.807, 2.05) is 26.0 Å². The third kappa shape index (κ3) is 2.78. The van der Waals surface area contributed by atoms with Crippen molar-refractivity contribution >= 4 is 5.91 Å². The van der Waals surface area contributed by atoms with E-state index in [1.165, 1.54) is 11.1 Å². The second-order valence-corrected chi connectivity index (χ2v) is 5.52. The summed E-state index contributed by atoms with van der Waals surface area (Å²) in [5.74, 6) is 0.537. The van der Waals surface area contributed by atoms with Crippen LogP contribution in [0, 0.1) is 24.2 Å². The fourth-order valence-electron chi connectivity index (χ4n) is 2.62.